The van der Waals surface area contributed by atoms with Crippen LogP contribution in [0.25, 0.3) is 0 Å². The first-order valence-corrected chi connectivity index (χ1v) is 4.57. The molecule has 2 heterocycles. The lowest BCUT2D eigenvalue weighted by Crippen LogP contribution is -2.02. The van der Waals surface area contributed by atoms with Gasteiger partial charge in [-0.25, -0.2) is 0 Å². The van der Waals surface area contributed by atoms with Crippen molar-refractivity contribution in [3.05, 3.63) is 61.2 Å². The second-order valence-electron chi connectivity index (χ2n) is 2.54. The average Bonchev–Trinajstić information content (AvgIpc) is 2.32. The summed E-state index contributed by atoms with van der Waals surface area (Å²) < 4.78 is 39.0. The Kier molecular flexibility index (Phi) is 13.1. The molecule has 0 fully saturated rings. The highest BCUT2D eigenvalue weighted by Gasteiger charge is 2.20. The Balaban J connectivity index is 0. The van der Waals surface area contributed by atoms with Gasteiger partial charge in [-0.3, -0.25) is 9.97 Å². The van der Waals surface area contributed by atoms with Gasteiger partial charge in [0.1, 0.15) is 0 Å². The lowest BCUT2D eigenvalue weighted by atomic mass is 10.3. The van der Waals surface area contributed by atoms with Crippen LogP contribution in [0.4, 0.5) is 17.3 Å². The molecule has 2 nitrogen and oxygen atoms in total. The van der Waals surface area contributed by atoms with Crippen LogP contribution < -0.4 is 0 Å². The summed E-state index contributed by atoms with van der Waals surface area (Å²) in [4.78, 5) is 7.57. The monoisotopic (exact) mass is 373 g/mol. The van der Waals surface area contributed by atoms with E-state index in [9.17, 15) is 17.3 Å². The molecule has 0 spiro atoms. The van der Waals surface area contributed by atoms with Crippen molar-refractivity contribution in [2.45, 2.75) is 0 Å². The molecular weight excluding hydrogens is 362 g/mol. The van der Waals surface area contributed by atoms with Crippen molar-refractivity contribution >= 4 is 31.2 Å². The quantitative estimate of drug-likeness (QED) is 0.395. The fourth-order valence-electron chi connectivity index (χ4n) is 0.625. The van der Waals surface area contributed by atoms with Crippen LogP contribution in [0.2, 0.25) is 0 Å². The average molecular weight is 373 g/mol. The molecule has 0 aliphatic heterocycles. The summed E-state index contributed by atoms with van der Waals surface area (Å²) in [6.07, 6.45) is 7.00. The highest BCUT2D eigenvalue weighted by atomic mass is 127. The zero-order valence-electron chi connectivity index (χ0n) is 9.17. The van der Waals surface area contributed by atoms with Gasteiger partial charge < -0.3 is 17.3 Å². The summed E-state index contributed by atoms with van der Waals surface area (Å²) in [6.45, 7) is 0. The first-order valence-electron chi connectivity index (χ1n) is 4.57. The molecule has 0 aliphatic carbocycles. The van der Waals surface area contributed by atoms with Crippen molar-refractivity contribution in [2.75, 3.05) is 0 Å². The van der Waals surface area contributed by atoms with Crippen molar-refractivity contribution in [1.82, 2.24) is 9.97 Å². The van der Waals surface area contributed by atoms with Crippen LogP contribution >= 0.6 is 24.0 Å². The van der Waals surface area contributed by atoms with Crippen LogP contribution in [0.5, 0.6) is 0 Å². The fraction of sp³-hybridized carbons (Fsp3) is 0. The van der Waals surface area contributed by atoms with Gasteiger partial charge in [-0.15, -0.1) is 24.0 Å². The molecule has 0 aliphatic rings. The lowest BCUT2D eigenvalue weighted by Gasteiger charge is -1.94. The van der Waals surface area contributed by atoms with E-state index < -0.39 is 7.25 Å². The maximum atomic E-state index is 9.75. The maximum absolute atomic E-state index is 9.75. The first kappa shape index (κ1) is 19.2. The molecular formula is C10H11BF4IN2-. The fourth-order valence-corrected chi connectivity index (χ4v) is 0.625. The van der Waals surface area contributed by atoms with Crippen molar-refractivity contribution in [2.24, 2.45) is 0 Å². The second-order valence-corrected chi connectivity index (χ2v) is 2.54. The molecule has 100 valence electrons. The van der Waals surface area contributed by atoms with Gasteiger partial charge in [0, 0.05) is 24.8 Å². The minimum absolute atomic E-state index is 0. The summed E-state index contributed by atoms with van der Waals surface area (Å²) in [7, 11) is -6.00. The minimum Gasteiger partial charge on any atom is -0.418 e. The molecule has 0 N–H and O–H groups in total. The van der Waals surface area contributed by atoms with E-state index in [4.69, 9.17) is 0 Å². The molecule has 0 aromatic carbocycles. The predicted octanol–water partition coefficient (Wildman–Crippen LogP) is 4.08. The number of hydrogen-bond acceptors (Lipinski definition) is 2. The number of halogens is 5. The van der Waals surface area contributed by atoms with E-state index >= 15 is 0 Å². The van der Waals surface area contributed by atoms with Gasteiger partial charge in [-0.1, -0.05) is 12.1 Å². The molecule has 8 heteroatoms. The molecule has 18 heavy (non-hydrogen) atoms. The zero-order valence-corrected chi connectivity index (χ0v) is 11.5. The van der Waals surface area contributed by atoms with Gasteiger partial charge in [0.25, 0.3) is 0 Å². The Labute approximate surface area is 120 Å². The van der Waals surface area contributed by atoms with Crippen LogP contribution in [0.15, 0.2) is 61.2 Å². The van der Waals surface area contributed by atoms with Crippen LogP contribution in [-0.2, 0) is 0 Å². The van der Waals surface area contributed by atoms with E-state index in [0.717, 1.165) is 0 Å². The van der Waals surface area contributed by atoms with E-state index in [1.807, 2.05) is 36.4 Å². The SMILES string of the molecule is F[B-](F)(F)F.I.c1ccncc1.c1ccncc1. The van der Waals surface area contributed by atoms with Crippen LogP contribution in [0, 0.1) is 0 Å². The number of aromatic nitrogens is 2. The zero-order chi connectivity index (χ0) is 13.0. The Hall–Kier alpha value is -1.19. The molecule has 2 rings (SSSR count). The maximum Gasteiger partial charge on any atom is 0.673 e. The number of hydrogen-bond donors (Lipinski definition) is 0. The largest absolute Gasteiger partial charge is 0.673 e. The topological polar surface area (TPSA) is 25.8 Å². The minimum atomic E-state index is -6.00. The van der Waals surface area contributed by atoms with Gasteiger partial charge in [0.05, 0.1) is 0 Å². The van der Waals surface area contributed by atoms with E-state index in [1.54, 1.807) is 24.8 Å². The normalized spacial score (nSPS) is 8.67. The van der Waals surface area contributed by atoms with E-state index in [-0.39, 0.29) is 24.0 Å². The third kappa shape index (κ3) is 24.2. The molecule has 2 aromatic heterocycles. The van der Waals surface area contributed by atoms with Gasteiger partial charge in [0.15, 0.2) is 0 Å². The third-order valence-corrected chi connectivity index (χ3v) is 1.13. The summed E-state index contributed by atoms with van der Waals surface area (Å²) in [5, 5.41) is 0. The van der Waals surface area contributed by atoms with Crippen molar-refractivity contribution in [3.8, 4) is 0 Å². The summed E-state index contributed by atoms with van der Waals surface area (Å²) in [5.41, 5.74) is 0. The predicted molar refractivity (Wildman–Crippen MR) is 74.1 cm³/mol. The van der Waals surface area contributed by atoms with Crippen molar-refractivity contribution in [3.63, 3.8) is 0 Å². The highest BCUT2D eigenvalue weighted by molar-refractivity contribution is 14.0. The van der Waals surface area contributed by atoms with Crippen molar-refractivity contribution < 1.29 is 17.3 Å². The third-order valence-electron chi connectivity index (χ3n) is 1.13. The van der Waals surface area contributed by atoms with E-state index in [2.05, 4.69) is 9.97 Å². The summed E-state index contributed by atoms with van der Waals surface area (Å²) >= 11 is 0. The number of rotatable bonds is 0. The number of pyridine rings is 2. The molecule has 0 atom stereocenters. The van der Waals surface area contributed by atoms with Crippen LogP contribution in [-0.4, -0.2) is 17.2 Å². The molecule has 0 unspecified atom stereocenters. The Morgan fingerprint density at radius 3 is 0.833 bits per heavy atom. The van der Waals surface area contributed by atoms with E-state index in [1.165, 1.54) is 0 Å². The lowest BCUT2D eigenvalue weighted by molar-refractivity contribution is 0.368. The summed E-state index contributed by atoms with van der Waals surface area (Å²) in [5.74, 6) is 0. The van der Waals surface area contributed by atoms with Crippen LogP contribution in [0.1, 0.15) is 0 Å². The molecule has 0 saturated heterocycles. The van der Waals surface area contributed by atoms with Gasteiger partial charge in [-0.05, 0) is 24.3 Å². The van der Waals surface area contributed by atoms with Crippen LogP contribution in [0.3, 0.4) is 0 Å². The van der Waals surface area contributed by atoms with Gasteiger partial charge >= 0.3 is 7.25 Å². The highest BCUT2D eigenvalue weighted by Crippen LogP contribution is 2.06. The molecule has 2 aromatic rings. The van der Waals surface area contributed by atoms with Gasteiger partial charge in [0.2, 0.25) is 0 Å². The molecule has 0 amide bonds. The second kappa shape index (κ2) is 12.3. The van der Waals surface area contributed by atoms with E-state index in [0.29, 0.717) is 0 Å². The summed E-state index contributed by atoms with van der Waals surface area (Å²) in [6, 6.07) is 11.4. The van der Waals surface area contributed by atoms with Crippen molar-refractivity contribution in [1.29, 1.82) is 0 Å². The Morgan fingerprint density at radius 1 is 0.556 bits per heavy atom. The smallest absolute Gasteiger partial charge is 0.418 e. The molecule has 0 bridgehead atoms. The standard InChI is InChI=1S/2C5H5N.BF4.HI/c2*1-2-4-6-5-3-1;2-1(3,4)5;/h2*1-5H;;1H/q;;-1;. The Bertz CT molecular complexity index is 270. The van der Waals surface area contributed by atoms with Gasteiger partial charge in [-0.2, -0.15) is 0 Å². The Morgan fingerprint density at radius 2 is 0.778 bits per heavy atom. The first-order chi connectivity index (χ1) is 8.00. The molecule has 0 radical (unpaired) electrons. The molecule has 0 saturated carbocycles. The number of nitrogens with zero attached hydrogens (tertiary/aromatic N) is 2.